The lowest BCUT2D eigenvalue weighted by atomic mass is 10.1. The van der Waals surface area contributed by atoms with Gasteiger partial charge in [-0.3, -0.25) is 0 Å². The zero-order valence-electron chi connectivity index (χ0n) is 17.8. The summed E-state index contributed by atoms with van der Waals surface area (Å²) in [5.41, 5.74) is 1.07. The van der Waals surface area contributed by atoms with Crippen LogP contribution >= 0.6 is 12.2 Å². The van der Waals surface area contributed by atoms with Crippen LogP contribution in [-0.4, -0.2) is 37.0 Å². The second-order valence-electron chi connectivity index (χ2n) is 7.91. The van der Waals surface area contributed by atoms with Crippen LogP contribution in [0, 0.1) is 6.92 Å². The number of ether oxygens (including phenoxy) is 1. The molecule has 0 bridgehead atoms. The molecule has 0 saturated carbocycles. The summed E-state index contributed by atoms with van der Waals surface area (Å²) in [6, 6.07) is 11.3. The average Bonchev–Trinajstić information content (AvgIpc) is 2.76. The van der Waals surface area contributed by atoms with E-state index in [1.807, 2.05) is 6.92 Å². The summed E-state index contributed by atoms with van der Waals surface area (Å²) in [5.74, 6) is 0. The van der Waals surface area contributed by atoms with Crippen molar-refractivity contribution in [3.05, 3.63) is 65.2 Å². The number of piperidine rings is 1. The highest BCUT2D eigenvalue weighted by molar-refractivity contribution is 7.89. The van der Waals surface area contributed by atoms with Gasteiger partial charge in [0, 0.05) is 6.54 Å². The van der Waals surface area contributed by atoms with Gasteiger partial charge in [0.25, 0.3) is 0 Å². The van der Waals surface area contributed by atoms with E-state index >= 15 is 0 Å². The van der Waals surface area contributed by atoms with Crippen molar-refractivity contribution >= 4 is 27.3 Å². The largest absolute Gasteiger partial charge is 0.485 e. The molecule has 1 aliphatic heterocycles. The Morgan fingerprint density at radius 3 is 2.38 bits per heavy atom. The molecule has 0 amide bonds. The Labute approximate surface area is 192 Å². The van der Waals surface area contributed by atoms with E-state index in [0.29, 0.717) is 25.8 Å². The third-order valence-electron chi connectivity index (χ3n) is 5.49. The van der Waals surface area contributed by atoms with Gasteiger partial charge in [0.05, 0.1) is 23.1 Å². The van der Waals surface area contributed by atoms with E-state index in [-0.39, 0.29) is 16.6 Å². The first-order valence-electron chi connectivity index (χ1n) is 10.5. The minimum atomic E-state index is -4.35. The fraction of sp³-hybridized carbons (Fsp3) is 0.435. The lowest BCUT2D eigenvalue weighted by molar-refractivity contribution is -0.137. The Balaban J connectivity index is 1.56. The highest BCUT2D eigenvalue weighted by Gasteiger charge is 2.36. The fourth-order valence-corrected chi connectivity index (χ4v) is 5.73. The predicted molar refractivity (Wildman–Crippen MR) is 121 cm³/mol. The zero-order valence-corrected chi connectivity index (χ0v) is 19.4. The molecule has 1 fully saturated rings. The lowest BCUT2D eigenvalue weighted by Gasteiger charge is -2.34. The van der Waals surface area contributed by atoms with Crippen molar-refractivity contribution in [2.45, 2.75) is 56.1 Å². The Kier molecular flexibility index (Phi) is 7.95. The predicted octanol–water partition coefficient (Wildman–Crippen LogP) is 5.53. The van der Waals surface area contributed by atoms with Crippen LogP contribution in [0.5, 0.6) is 0 Å². The molecule has 1 saturated heterocycles. The van der Waals surface area contributed by atoms with Gasteiger partial charge in [0.2, 0.25) is 10.0 Å². The topological polar surface area (TPSA) is 46.6 Å². The second-order valence-corrected chi connectivity index (χ2v) is 10.2. The zero-order chi connectivity index (χ0) is 23.4. The number of thiocarbonyl (C=S) groups is 1. The number of aryl methyl sites for hydroxylation is 2. The summed E-state index contributed by atoms with van der Waals surface area (Å²) in [6.45, 7) is 2.55. The molecule has 1 unspecified atom stereocenters. The Morgan fingerprint density at radius 2 is 1.75 bits per heavy atom. The van der Waals surface area contributed by atoms with Gasteiger partial charge in [-0.1, -0.05) is 36.2 Å². The molecule has 2 aromatic carbocycles. The summed E-state index contributed by atoms with van der Waals surface area (Å²) in [5, 5.41) is 0.243. The van der Waals surface area contributed by atoms with Crippen LogP contribution in [0.25, 0.3) is 0 Å². The first kappa shape index (κ1) is 24.7. The number of alkyl halides is 3. The van der Waals surface area contributed by atoms with Crippen LogP contribution in [0.2, 0.25) is 0 Å². The molecule has 9 heteroatoms. The van der Waals surface area contributed by atoms with Crippen LogP contribution in [0.3, 0.4) is 0 Å². The van der Waals surface area contributed by atoms with Crippen molar-refractivity contribution in [2.24, 2.45) is 0 Å². The van der Waals surface area contributed by atoms with Gasteiger partial charge >= 0.3 is 6.18 Å². The molecule has 3 rings (SSSR count). The quantitative estimate of drug-likeness (QED) is 0.382. The third kappa shape index (κ3) is 6.08. The molecule has 32 heavy (non-hydrogen) atoms. The lowest BCUT2D eigenvalue weighted by Crippen LogP contribution is -2.48. The summed E-state index contributed by atoms with van der Waals surface area (Å²) in [7, 11) is -3.69. The first-order valence-corrected chi connectivity index (χ1v) is 12.3. The van der Waals surface area contributed by atoms with Crippen molar-refractivity contribution in [2.75, 3.05) is 13.2 Å². The summed E-state index contributed by atoms with van der Waals surface area (Å²) in [6.07, 6.45) is -1.03. The number of sulfonamides is 1. The van der Waals surface area contributed by atoms with Crippen molar-refractivity contribution < 1.29 is 26.3 Å². The molecule has 0 radical (unpaired) electrons. The monoisotopic (exact) mass is 485 g/mol. The highest BCUT2D eigenvalue weighted by atomic mass is 32.2. The normalized spacial score (nSPS) is 17.8. The number of nitrogens with zero attached hydrogens (tertiary/aromatic N) is 1. The molecule has 0 spiro atoms. The molecule has 0 aromatic heterocycles. The van der Waals surface area contributed by atoms with Gasteiger partial charge in [-0.25, -0.2) is 8.42 Å². The molecule has 4 nitrogen and oxygen atoms in total. The number of hydrogen-bond donors (Lipinski definition) is 0. The molecule has 1 heterocycles. The molecular weight excluding hydrogens is 459 g/mol. The SMILES string of the molecule is Cc1ccc(S(=O)(=O)N2CCCCC2C(=S)OCCCc2ccc(C(F)(F)F)cc2)cc1. The maximum Gasteiger partial charge on any atom is 0.416 e. The van der Waals surface area contributed by atoms with Crippen LogP contribution in [-0.2, 0) is 27.4 Å². The summed E-state index contributed by atoms with van der Waals surface area (Å²) < 4.78 is 71.4. The van der Waals surface area contributed by atoms with Crippen LogP contribution in [0.4, 0.5) is 13.2 Å². The van der Waals surface area contributed by atoms with Gasteiger partial charge < -0.3 is 4.74 Å². The Hall–Kier alpha value is -1.97. The smallest absolute Gasteiger partial charge is 0.416 e. The molecule has 0 aliphatic carbocycles. The van der Waals surface area contributed by atoms with Gasteiger partial charge in [0.1, 0.15) is 0 Å². The van der Waals surface area contributed by atoms with E-state index in [9.17, 15) is 21.6 Å². The van der Waals surface area contributed by atoms with Crippen molar-refractivity contribution in [3.63, 3.8) is 0 Å². The number of benzene rings is 2. The molecule has 1 atom stereocenters. The molecule has 174 valence electrons. The van der Waals surface area contributed by atoms with E-state index in [0.717, 1.165) is 36.1 Å². The van der Waals surface area contributed by atoms with Crippen LogP contribution in [0.1, 0.15) is 42.4 Å². The van der Waals surface area contributed by atoms with Crippen LogP contribution < -0.4 is 0 Å². The number of halogens is 3. The second kappa shape index (κ2) is 10.3. The van der Waals surface area contributed by atoms with E-state index in [2.05, 4.69) is 0 Å². The van der Waals surface area contributed by atoms with E-state index in [4.69, 9.17) is 17.0 Å². The molecule has 1 aliphatic rings. The minimum Gasteiger partial charge on any atom is -0.485 e. The number of hydrogen-bond acceptors (Lipinski definition) is 4. The minimum absolute atomic E-state index is 0.236. The summed E-state index contributed by atoms with van der Waals surface area (Å²) >= 11 is 5.43. The van der Waals surface area contributed by atoms with Gasteiger partial charge in [-0.15, -0.1) is 0 Å². The third-order valence-corrected chi connectivity index (χ3v) is 7.80. The maximum atomic E-state index is 13.2. The maximum absolute atomic E-state index is 13.2. The number of rotatable bonds is 7. The standard InChI is InChI=1S/C23H26F3NO3S2/c1-17-7-13-20(14-8-17)32(28,29)27-15-3-2-6-21(27)22(31)30-16-4-5-18-9-11-19(12-10-18)23(24,25)26/h7-14,21H,2-6,15-16H2,1H3. The van der Waals surface area contributed by atoms with E-state index in [1.165, 1.54) is 16.4 Å². The fourth-order valence-electron chi connectivity index (χ4n) is 3.68. The molecule has 2 aromatic rings. The van der Waals surface area contributed by atoms with Crippen molar-refractivity contribution in [1.29, 1.82) is 0 Å². The van der Waals surface area contributed by atoms with E-state index < -0.39 is 27.8 Å². The molecular formula is C23H26F3NO3S2. The van der Waals surface area contributed by atoms with Gasteiger partial charge in [-0.2, -0.15) is 17.5 Å². The van der Waals surface area contributed by atoms with Gasteiger partial charge in [0.15, 0.2) is 5.05 Å². The summed E-state index contributed by atoms with van der Waals surface area (Å²) in [4.78, 5) is 0.236. The average molecular weight is 486 g/mol. The van der Waals surface area contributed by atoms with Crippen molar-refractivity contribution in [3.8, 4) is 0 Å². The molecule has 0 N–H and O–H groups in total. The van der Waals surface area contributed by atoms with E-state index in [1.54, 1.807) is 24.3 Å². The van der Waals surface area contributed by atoms with Gasteiger partial charge in [-0.05, 0) is 74.7 Å². The Bertz CT molecular complexity index is 1020. The highest BCUT2D eigenvalue weighted by Crippen LogP contribution is 2.29. The van der Waals surface area contributed by atoms with Crippen molar-refractivity contribution in [1.82, 2.24) is 4.31 Å². The van der Waals surface area contributed by atoms with Crippen LogP contribution in [0.15, 0.2) is 53.4 Å². The first-order chi connectivity index (χ1) is 15.1. The Morgan fingerprint density at radius 1 is 1.09 bits per heavy atom.